The highest BCUT2D eigenvalue weighted by Crippen LogP contribution is 1.98. The molecule has 2 nitrogen and oxygen atoms in total. The lowest BCUT2D eigenvalue weighted by Crippen LogP contribution is -2.11. The van der Waals surface area contributed by atoms with Gasteiger partial charge in [0.25, 0.3) is 0 Å². The molecule has 1 radical (unpaired) electrons. The molecule has 0 rings (SSSR count). The number of amides is 1. The number of thioether (sulfide) groups is 1. The number of hydrogen-bond donors (Lipinski definition) is 1. The molecule has 0 aromatic heterocycles. The van der Waals surface area contributed by atoms with Crippen molar-refractivity contribution in [2.75, 3.05) is 11.5 Å². The first-order chi connectivity index (χ1) is 3.77. The van der Waals surface area contributed by atoms with Crippen LogP contribution < -0.4 is 5.73 Å². The minimum atomic E-state index is -0.328. The molecule has 0 aliphatic carbocycles. The summed E-state index contributed by atoms with van der Waals surface area (Å²) in [6, 6.07) is 0. The molecule has 0 aliphatic rings. The van der Waals surface area contributed by atoms with Gasteiger partial charge in [-0.15, -0.1) is 0 Å². The molecule has 0 aliphatic heterocycles. The Labute approximate surface area is 53.8 Å². The molecule has 47 valence electrons. The zero-order chi connectivity index (χ0) is 6.41. The summed E-state index contributed by atoms with van der Waals surface area (Å²) in [6.07, 6.45) is 1.48. The van der Waals surface area contributed by atoms with E-state index in [4.69, 9.17) is 5.73 Å². The molecule has 8 heavy (non-hydrogen) atoms. The molecule has 3 heteroatoms. The summed E-state index contributed by atoms with van der Waals surface area (Å²) in [7, 11) is 0. The van der Waals surface area contributed by atoms with Crippen LogP contribution in [0.1, 0.15) is 6.92 Å². The highest BCUT2D eigenvalue weighted by atomic mass is 32.2. The largest absolute Gasteiger partial charge is 0.369 e. The third-order valence-corrected chi connectivity index (χ3v) is 1.42. The van der Waals surface area contributed by atoms with Crippen LogP contribution in [0.4, 0.5) is 0 Å². The van der Waals surface area contributed by atoms with E-state index in [0.717, 1.165) is 11.5 Å². The molecule has 0 spiro atoms. The van der Waals surface area contributed by atoms with Gasteiger partial charge in [-0.05, 0) is 5.75 Å². The van der Waals surface area contributed by atoms with Crippen LogP contribution in [-0.2, 0) is 4.79 Å². The predicted molar refractivity (Wildman–Crippen MR) is 36.5 cm³/mol. The van der Waals surface area contributed by atoms with E-state index in [1.54, 1.807) is 11.8 Å². The van der Waals surface area contributed by atoms with Crippen LogP contribution in [0.15, 0.2) is 0 Å². The van der Waals surface area contributed by atoms with Crippen molar-refractivity contribution >= 4 is 17.7 Å². The smallest absolute Gasteiger partial charge is 0.222 e. The summed E-state index contributed by atoms with van der Waals surface area (Å²) in [5.41, 5.74) is 4.83. The first-order valence-electron chi connectivity index (χ1n) is 2.47. The van der Waals surface area contributed by atoms with Gasteiger partial charge in [0.1, 0.15) is 0 Å². The Morgan fingerprint density at radius 1 is 1.88 bits per heavy atom. The summed E-state index contributed by atoms with van der Waals surface area (Å²) in [6.45, 7) is 2.04. The van der Waals surface area contributed by atoms with Crippen molar-refractivity contribution in [3.63, 3.8) is 0 Å². The molecule has 0 unspecified atom stereocenters. The van der Waals surface area contributed by atoms with Crippen molar-refractivity contribution in [1.29, 1.82) is 0 Å². The Bertz CT molecular complexity index is 74.8. The Morgan fingerprint density at radius 2 is 2.50 bits per heavy atom. The SMILES string of the molecule is CCSC[CH]C(N)=O. The summed E-state index contributed by atoms with van der Waals surface area (Å²) >= 11 is 1.68. The lowest BCUT2D eigenvalue weighted by Gasteiger charge is -1.90. The fraction of sp³-hybridized carbons (Fsp3) is 0.600. The standard InChI is InChI=1S/C5H10NOS/c1-2-8-4-3-5(6)7/h3H,2,4H2,1H3,(H2,6,7). The lowest BCUT2D eigenvalue weighted by atomic mass is 10.5. The van der Waals surface area contributed by atoms with Crippen molar-refractivity contribution in [3.8, 4) is 0 Å². The van der Waals surface area contributed by atoms with Crippen LogP contribution in [0, 0.1) is 6.42 Å². The van der Waals surface area contributed by atoms with Crippen molar-refractivity contribution in [2.24, 2.45) is 5.73 Å². The Kier molecular flexibility index (Phi) is 4.85. The second kappa shape index (κ2) is 4.97. The number of nitrogens with two attached hydrogens (primary N) is 1. The number of carbonyl (C=O) groups excluding carboxylic acids is 1. The number of hydrogen-bond acceptors (Lipinski definition) is 2. The van der Waals surface area contributed by atoms with Gasteiger partial charge in [-0.2, -0.15) is 11.8 Å². The molecule has 0 aromatic rings. The fourth-order valence-corrected chi connectivity index (χ4v) is 0.777. The van der Waals surface area contributed by atoms with Crippen molar-refractivity contribution < 1.29 is 4.79 Å². The Hall–Kier alpha value is -0.180. The van der Waals surface area contributed by atoms with Crippen LogP contribution in [-0.4, -0.2) is 17.4 Å². The van der Waals surface area contributed by atoms with Gasteiger partial charge in [-0.25, -0.2) is 0 Å². The maximum absolute atomic E-state index is 10.0. The van der Waals surface area contributed by atoms with E-state index in [1.807, 2.05) is 6.92 Å². The number of rotatable bonds is 4. The Balaban J connectivity index is 2.82. The van der Waals surface area contributed by atoms with E-state index in [1.165, 1.54) is 6.42 Å². The van der Waals surface area contributed by atoms with E-state index >= 15 is 0 Å². The second-order valence-electron chi connectivity index (χ2n) is 1.27. The molecule has 0 saturated heterocycles. The summed E-state index contributed by atoms with van der Waals surface area (Å²) < 4.78 is 0. The van der Waals surface area contributed by atoms with E-state index in [0.29, 0.717) is 0 Å². The third-order valence-electron chi connectivity index (χ3n) is 0.606. The first-order valence-corrected chi connectivity index (χ1v) is 3.63. The van der Waals surface area contributed by atoms with Gasteiger partial charge in [-0.3, -0.25) is 4.79 Å². The quantitative estimate of drug-likeness (QED) is 0.564. The molecule has 0 aromatic carbocycles. The van der Waals surface area contributed by atoms with Gasteiger partial charge in [0.15, 0.2) is 0 Å². The summed E-state index contributed by atoms with van der Waals surface area (Å²) in [5, 5.41) is 0. The van der Waals surface area contributed by atoms with Gasteiger partial charge in [0.05, 0.1) is 6.42 Å². The highest BCUT2D eigenvalue weighted by Gasteiger charge is 1.91. The summed E-state index contributed by atoms with van der Waals surface area (Å²) in [5.74, 6) is 1.45. The minimum absolute atomic E-state index is 0.328. The van der Waals surface area contributed by atoms with Gasteiger partial charge >= 0.3 is 0 Å². The van der Waals surface area contributed by atoms with E-state index in [9.17, 15) is 4.79 Å². The molecule has 2 N–H and O–H groups in total. The molecular formula is C5H10NOS. The van der Waals surface area contributed by atoms with Crippen LogP contribution >= 0.6 is 11.8 Å². The van der Waals surface area contributed by atoms with E-state index < -0.39 is 0 Å². The minimum Gasteiger partial charge on any atom is -0.369 e. The van der Waals surface area contributed by atoms with Crippen LogP contribution in [0.2, 0.25) is 0 Å². The van der Waals surface area contributed by atoms with Crippen LogP contribution in [0.25, 0.3) is 0 Å². The normalized spacial score (nSPS) is 9.12. The predicted octanol–water partition coefficient (Wildman–Crippen LogP) is 0.429. The van der Waals surface area contributed by atoms with Crippen LogP contribution in [0.5, 0.6) is 0 Å². The monoisotopic (exact) mass is 132 g/mol. The third kappa shape index (κ3) is 5.82. The average molecular weight is 132 g/mol. The highest BCUT2D eigenvalue weighted by molar-refractivity contribution is 7.99. The van der Waals surface area contributed by atoms with Gasteiger partial charge in [0.2, 0.25) is 5.91 Å². The molecule has 0 atom stereocenters. The number of carbonyl (C=O) groups is 1. The zero-order valence-electron chi connectivity index (χ0n) is 4.89. The van der Waals surface area contributed by atoms with Crippen LogP contribution in [0.3, 0.4) is 0 Å². The van der Waals surface area contributed by atoms with Crippen molar-refractivity contribution in [3.05, 3.63) is 6.42 Å². The molecular weight excluding hydrogens is 122 g/mol. The van der Waals surface area contributed by atoms with Gasteiger partial charge < -0.3 is 5.73 Å². The summed E-state index contributed by atoms with van der Waals surface area (Å²) in [4.78, 5) is 10.0. The topological polar surface area (TPSA) is 43.1 Å². The fourth-order valence-electron chi connectivity index (χ4n) is 0.259. The zero-order valence-corrected chi connectivity index (χ0v) is 5.70. The second-order valence-corrected chi connectivity index (χ2v) is 2.58. The molecule has 0 heterocycles. The lowest BCUT2D eigenvalue weighted by molar-refractivity contribution is -0.114. The van der Waals surface area contributed by atoms with Crippen molar-refractivity contribution in [1.82, 2.24) is 0 Å². The Morgan fingerprint density at radius 3 is 2.88 bits per heavy atom. The maximum Gasteiger partial charge on any atom is 0.222 e. The molecule has 0 bridgehead atoms. The first kappa shape index (κ1) is 7.82. The molecule has 1 amide bonds. The maximum atomic E-state index is 10.0. The average Bonchev–Trinajstić information content (AvgIpc) is 1.66. The molecule has 0 fully saturated rings. The van der Waals surface area contributed by atoms with Gasteiger partial charge in [0, 0.05) is 5.75 Å². The number of primary amides is 1. The molecule has 0 saturated carbocycles. The van der Waals surface area contributed by atoms with E-state index in [2.05, 4.69) is 0 Å². The van der Waals surface area contributed by atoms with Gasteiger partial charge in [-0.1, -0.05) is 6.92 Å². The van der Waals surface area contributed by atoms with Crippen molar-refractivity contribution in [2.45, 2.75) is 6.92 Å². The van der Waals surface area contributed by atoms with E-state index in [-0.39, 0.29) is 5.91 Å².